The number of aliphatic imine (C=N–C) groups is 1. The average Bonchev–Trinajstić information content (AvgIpc) is 2.50. The van der Waals surface area contributed by atoms with Crippen LogP contribution in [0.4, 0.5) is 17.5 Å². The van der Waals surface area contributed by atoms with Gasteiger partial charge in [0.2, 0.25) is 11.9 Å². The molecule has 0 spiro atoms. The lowest BCUT2D eigenvalue weighted by atomic mass is 9.94. The van der Waals surface area contributed by atoms with Gasteiger partial charge in [0, 0.05) is 18.5 Å². The Morgan fingerprint density at radius 1 is 1.44 bits per heavy atom. The number of nitrogens with one attached hydrogen (secondary N) is 2. The molecular formula is C17H27ClN6O. The molecule has 0 aliphatic rings. The number of nitrogens with two attached hydrogens (primary N) is 1. The molecule has 1 aromatic rings. The molecule has 1 heterocycles. The van der Waals surface area contributed by atoms with Gasteiger partial charge in [-0.2, -0.15) is 4.98 Å². The minimum Gasteiger partial charge on any atom is -0.368 e. The van der Waals surface area contributed by atoms with E-state index in [2.05, 4.69) is 39.2 Å². The summed E-state index contributed by atoms with van der Waals surface area (Å²) < 4.78 is 0. The first-order valence-corrected chi connectivity index (χ1v) is 8.59. The number of carbonyl (C=O) groups excluding carboxylic acids is 1. The second kappa shape index (κ2) is 9.36. The molecule has 0 radical (unpaired) electrons. The van der Waals surface area contributed by atoms with E-state index in [1.807, 2.05) is 6.92 Å². The molecule has 0 unspecified atom stereocenters. The molecular weight excluding hydrogens is 340 g/mol. The van der Waals surface area contributed by atoms with Crippen molar-refractivity contribution in [2.45, 2.75) is 52.5 Å². The molecule has 8 heteroatoms. The van der Waals surface area contributed by atoms with Crippen LogP contribution in [0.15, 0.2) is 10.0 Å². The number of halogens is 1. The van der Waals surface area contributed by atoms with Crippen LogP contribution in [0.3, 0.4) is 0 Å². The number of aromatic nitrogens is 2. The van der Waals surface area contributed by atoms with Crippen molar-refractivity contribution in [3.8, 4) is 0 Å². The van der Waals surface area contributed by atoms with E-state index in [0.29, 0.717) is 28.8 Å². The van der Waals surface area contributed by atoms with Crippen LogP contribution in [0, 0.1) is 0 Å². The minimum atomic E-state index is -0.418. The van der Waals surface area contributed by atoms with Crippen molar-refractivity contribution in [3.63, 3.8) is 0 Å². The Morgan fingerprint density at radius 3 is 2.64 bits per heavy atom. The number of carbonyl (C=O) groups is 1. The summed E-state index contributed by atoms with van der Waals surface area (Å²) in [4.78, 5) is 23.8. The number of hydrogen-bond acceptors (Lipinski definition) is 6. The van der Waals surface area contributed by atoms with Crippen molar-refractivity contribution >= 4 is 47.8 Å². The molecule has 0 aliphatic heterocycles. The Bertz CT molecular complexity index is 657. The lowest BCUT2D eigenvalue weighted by molar-refractivity contribution is -0.119. The van der Waals surface area contributed by atoms with Crippen molar-refractivity contribution in [1.82, 2.24) is 15.3 Å². The molecule has 0 aromatic carbocycles. The lowest BCUT2D eigenvalue weighted by Crippen LogP contribution is -2.46. The topological polar surface area (TPSA) is 105 Å². The van der Waals surface area contributed by atoms with Gasteiger partial charge in [0.1, 0.15) is 5.69 Å². The molecule has 0 saturated heterocycles. The van der Waals surface area contributed by atoms with Gasteiger partial charge < -0.3 is 16.4 Å². The zero-order valence-electron chi connectivity index (χ0n) is 15.3. The third-order valence-corrected chi connectivity index (χ3v) is 3.76. The van der Waals surface area contributed by atoms with Gasteiger partial charge in [0.25, 0.3) is 0 Å². The maximum Gasteiger partial charge on any atom is 0.222 e. The molecule has 0 aliphatic carbocycles. The van der Waals surface area contributed by atoms with Crippen LogP contribution >= 0.6 is 11.6 Å². The smallest absolute Gasteiger partial charge is 0.222 e. The van der Waals surface area contributed by atoms with Crippen molar-refractivity contribution in [1.29, 1.82) is 0 Å². The second-order valence-corrected chi connectivity index (χ2v) is 6.85. The fourth-order valence-electron chi connectivity index (χ4n) is 2.39. The first-order valence-electron chi connectivity index (χ1n) is 8.21. The van der Waals surface area contributed by atoms with Crippen LogP contribution in [0.2, 0.25) is 0 Å². The molecule has 0 fully saturated rings. The highest BCUT2D eigenvalue weighted by atomic mass is 35.5. The monoisotopic (exact) mass is 366 g/mol. The Hall–Kier alpha value is -2.15. The van der Waals surface area contributed by atoms with Crippen LogP contribution in [0.25, 0.3) is 6.08 Å². The van der Waals surface area contributed by atoms with Crippen LogP contribution in [0.1, 0.15) is 52.7 Å². The van der Waals surface area contributed by atoms with E-state index < -0.39 is 5.54 Å². The number of anilines is 2. The molecule has 7 nitrogen and oxygen atoms in total. The molecule has 1 amide bonds. The number of unbranched alkanes of at least 4 members (excludes halogenated alkanes) is 1. The molecule has 0 saturated carbocycles. The molecule has 1 atom stereocenters. The summed E-state index contributed by atoms with van der Waals surface area (Å²) in [6.07, 6.45) is 4.53. The molecule has 138 valence electrons. The maximum absolute atomic E-state index is 11.3. The van der Waals surface area contributed by atoms with Crippen molar-refractivity contribution in [2.24, 2.45) is 4.99 Å². The van der Waals surface area contributed by atoms with Gasteiger partial charge in [-0.05, 0) is 33.1 Å². The number of rotatable bonds is 9. The number of allylic oxidation sites excluding steroid dienone is 1. The highest BCUT2D eigenvalue weighted by molar-refractivity contribution is 6.31. The van der Waals surface area contributed by atoms with Crippen LogP contribution in [-0.4, -0.2) is 34.7 Å². The predicted octanol–water partition coefficient (Wildman–Crippen LogP) is 3.49. The summed E-state index contributed by atoms with van der Waals surface area (Å²) in [6, 6.07) is 0. The Kier molecular flexibility index (Phi) is 7.83. The standard InChI is InChI=1S/C17H27ClN6O/c1-6-7-8-17(4,10-21-12(3)25)24-15-14(20-5)13(9-11(2)18)22-16(19)23-15/h9H,5-8,10H2,1-4H3,(H,21,25)(H3,19,22,23,24)/b11-9+/t17-/m1/s1. The van der Waals surface area contributed by atoms with E-state index in [0.717, 1.165) is 19.3 Å². The number of hydrogen-bond donors (Lipinski definition) is 3. The molecule has 0 bridgehead atoms. The van der Waals surface area contributed by atoms with E-state index in [1.54, 1.807) is 13.0 Å². The van der Waals surface area contributed by atoms with Gasteiger partial charge in [-0.15, -0.1) is 0 Å². The third-order valence-electron chi connectivity index (χ3n) is 3.65. The first kappa shape index (κ1) is 20.9. The summed E-state index contributed by atoms with van der Waals surface area (Å²) in [6.45, 7) is 11.4. The molecule has 1 rings (SSSR count). The van der Waals surface area contributed by atoms with Crippen molar-refractivity contribution < 1.29 is 4.79 Å². The maximum atomic E-state index is 11.3. The minimum absolute atomic E-state index is 0.0878. The Morgan fingerprint density at radius 2 is 2.12 bits per heavy atom. The van der Waals surface area contributed by atoms with Gasteiger partial charge in [-0.25, -0.2) is 4.98 Å². The zero-order chi connectivity index (χ0) is 19.0. The number of amides is 1. The summed E-state index contributed by atoms with van der Waals surface area (Å²) >= 11 is 5.96. The van der Waals surface area contributed by atoms with Gasteiger partial charge in [0.15, 0.2) is 5.82 Å². The van der Waals surface area contributed by atoms with Crippen LogP contribution in [0.5, 0.6) is 0 Å². The molecule has 25 heavy (non-hydrogen) atoms. The van der Waals surface area contributed by atoms with Crippen molar-refractivity contribution in [3.05, 3.63) is 10.7 Å². The van der Waals surface area contributed by atoms with E-state index in [1.165, 1.54) is 6.92 Å². The summed E-state index contributed by atoms with van der Waals surface area (Å²) in [5.41, 5.74) is 6.38. The Balaban J connectivity index is 3.26. The molecule has 1 aromatic heterocycles. The summed E-state index contributed by atoms with van der Waals surface area (Å²) in [7, 11) is 0. The first-order chi connectivity index (χ1) is 11.7. The van der Waals surface area contributed by atoms with E-state index in [-0.39, 0.29) is 11.9 Å². The van der Waals surface area contributed by atoms with Crippen molar-refractivity contribution in [2.75, 3.05) is 17.6 Å². The third kappa shape index (κ3) is 6.70. The zero-order valence-corrected chi connectivity index (χ0v) is 16.1. The average molecular weight is 367 g/mol. The van der Waals surface area contributed by atoms with E-state index in [4.69, 9.17) is 17.3 Å². The second-order valence-electron chi connectivity index (χ2n) is 6.25. The van der Waals surface area contributed by atoms with E-state index >= 15 is 0 Å². The largest absolute Gasteiger partial charge is 0.368 e. The van der Waals surface area contributed by atoms with Gasteiger partial charge >= 0.3 is 0 Å². The predicted molar refractivity (Wildman–Crippen MR) is 105 cm³/mol. The lowest BCUT2D eigenvalue weighted by Gasteiger charge is -2.32. The fourth-order valence-corrected chi connectivity index (χ4v) is 2.49. The van der Waals surface area contributed by atoms with Gasteiger partial charge in [0.05, 0.1) is 11.2 Å². The number of nitrogen functional groups attached to an aromatic ring is 1. The summed E-state index contributed by atoms with van der Waals surface area (Å²) in [5, 5.41) is 6.77. The normalized spacial score (nSPS) is 13.9. The highest BCUT2D eigenvalue weighted by Crippen LogP contribution is 2.32. The fraction of sp³-hybridized carbons (Fsp3) is 0.529. The van der Waals surface area contributed by atoms with Crippen LogP contribution in [-0.2, 0) is 4.79 Å². The quantitative estimate of drug-likeness (QED) is 0.580. The van der Waals surface area contributed by atoms with E-state index in [9.17, 15) is 4.79 Å². The molecule has 4 N–H and O–H groups in total. The Labute approximate surface area is 154 Å². The van der Waals surface area contributed by atoms with Crippen LogP contribution < -0.4 is 16.4 Å². The summed E-state index contributed by atoms with van der Waals surface area (Å²) in [5.74, 6) is 0.488. The highest BCUT2D eigenvalue weighted by Gasteiger charge is 2.26. The van der Waals surface area contributed by atoms with Gasteiger partial charge in [-0.1, -0.05) is 31.4 Å². The number of nitrogens with zero attached hydrogens (tertiary/aromatic N) is 3. The SMILES string of the molecule is C=Nc1c(/C=C(\C)Cl)nc(N)nc1N[C@](C)(CCCC)CNC(C)=O. The van der Waals surface area contributed by atoms with Gasteiger partial charge in [-0.3, -0.25) is 9.79 Å².